The monoisotopic (exact) mass is 464 g/mol. The first-order valence-corrected chi connectivity index (χ1v) is 10.3. The van der Waals surface area contributed by atoms with E-state index in [1.54, 1.807) is 30.3 Å². The summed E-state index contributed by atoms with van der Waals surface area (Å²) in [4.78, 5) is 25.4. The van der Waals surface area contributed by atoms with E-state index in [1.165, 1.54) is 14.2 Å². The van der Waals surface area contributed by atoms with Gasteiger partial charge in [0.15, 0.2) is 5.41 Å². The Labute approximate surface area is 169 Å². The van der Waals surface area contributed by atoms with Crippen LogP contribution in [0.4, 0.5) is 0 Å². The third-order valence-electron chi connectivity index (χ3n) is 3.81. The molecule has 0 saturated heterocycles. The third kappa shape index (κ3) is 5.41. The molecule has 0 saturated carbocycles. The highest BCUT2D eigenvalue weighted by atomic mass is 79.9. The fourth-order valence-corrected chi connectivity index (χ4v) is 5.07. The van der Waals surface area contributed by atoms with Gasteiger partial charge in [-0.3, -0.25) is 13.8 Å². The first-order chi connectivity index (χ1) is 12.2. The van der Waals surface area contributed by atoms with E-state index >= 15 is 0 Å². The van der Waals surface area contributed by atoms with Crippen LogP contribution in [-0.2, 0) is 29.9 Å². The summed E-state index contributed by atoms with van der Waals surface area (Å²) >= 11 is 9.47. The fourth-order valence-electron chi connectivity index (χ4n) is 2.36. The third-order valence-corrected chi connectivity index (χ3v) is 7.01. The van der Waals surface area contributed by atoms with Crippen molar-refractivity contribution in [3.8, 4) is 0 Å². The van der Waals surface area contributed by atoms with Gasteiger partial charge in [0.1, 0.15) is 0 Å². The van der Waals surface area contributed by atoms with Gasteiger partial charge in [-0.05, 0) is 38.8 Å². The second-order valence-corrected chi connectivity index (χ2v) is 9.62. The second-order valence-electron chi connectivity index (χ2n) is 5.89. The van der Waals surface area contributed by atoms with Crippen molar-refractivity contribution in [2.24, 2.45) is 5.41 Å². The van der Waals surface area contributed by atoms with Gasteiger partial charge in [-0.2, -0.15) is 0 Å². The van der Waals surface area contributed by atoms with Crippen LogP contribution in [-0.4, -0.2) is 34.5 Å². The molecule has 1 aromatic carbocycles. The summed E-state index contributed by atoms with van der Waals surface area (Å²) in [6.45, 7) is 3.71. The van der Waals surface area contributed by atoms with E-state index < -0.39 is 32.3 Å². The summed E-state index contributed by atoms with van der Waals surface area (Å²) in [6, 6.07) is 6.72. The lowest BCUT2D eigenvalue weighted by molar-refractivity contribution is -0.169. The number of allylic oxidation sites excluding steroid dienone is 2. The predicted molar refractivity (Wildman–Crippen MR) is 106 cm³/mol. The summed E-state index contributed by atoms with van der Waals surface area (Å²) in [5.74, 6) is -1.47. The van der Waals surface area contributed by atoms with Crippen molar-refractivity contribution in [1.82, 2.24) is 0 Å². The molecule has 0 heterocycles. The molecule has 5 nitrogen and oxygen atoms in total. The predicted octanol–water partition coefficient (Wildman–Crippen LogP) is 4.25. The molecule has 2 unspecified atom stereocenters. The smallest absolute Gasteiger partial charge is 0.323 e. The van der Waals surface area contributed by atoms with Gasteiger partial charge in [0.05, 0.1) is 39.1 Å². The lowest BCUT2D eigenvalue weighted by Gasteiger charge is -2.29. The molecule has 1 aromatic rings. The number of hydrogen-bond acceptors (Lipinski definition) is 5. The lowest BCUT2D eigenvalue weighted by Crippen LogP contribution is -2.43. The van der Waals surface area contributed by atoms with E-state index in [0.29, 0.717) is 9.92 Å². The van der Waals surface area contributed by atoms with Crippen molar-refractivity contribution in [3.63, 3.8) is 0 Å². The highest BCUT2D eigenvalue weighted by Crippen LogP contribution is 2.37. The van der Waals surface area contributed by atoms with Crippen molar-refractivity contribution in [2.45, 2.75) is 35.7 Å². The SMILES string of the molecule is COC(=O)C(CC=C(C)C)(CC(Br)S(=O)c1ccccc1Cl)C(=O)OC. The van der Waals surface area contributed by atoms with Gasteiger partial charge in [0.2, 0.25) is 0 Å². The molecular formula is C18H22BrClO5S. The Balaban J connectivity index is 3.27. The largest absolute Gasteiger partial charge is 0.468 e. The van der Waals surface area contributed by atoms with Crippen LogP contribution in [0.25, 0.3) is 0 Å². The quantitative estimate of drug-likeness (QED) is 0.248. The number of rotatable bonds is 8. The normalized spacial score (nSPS) is 13.5. The number of alkyl halides is 1. The van der Waals surface area contributed by atoms with Crippen molar-refractivity contribution in [3.05, 3.63) is 40.9 Å². The Morgan fingerprint density at radius 2 is 1.77 bits per heavy atom. The van der Waals surface area contributed by atoms with Crippen molar-refractivity contribution >= 4 is 50.3 Å². The Morgan fingerprint density at radius 1 is 1.23 bits per heavy atom. The summed E-state index contributed by atoms with van der Waals surface area (Å²) in [6.07, 6.45) is 1.76. The number of halogens is 2. The molecule has 0 N–H and O–H groups in total. The average molecular weight is 466 g/mol. The Bertz CT molecular complexity index is 699. The minimum atomic E-state index is -1.61. The zero-order chi connectivity index (χ0) is 19.9. The van der Waals surface area contributed by atoms with Crippen molar-refractivity contribution < 1.29 is 23.3 Å². The minimum Gasteiger partial charge on any atom is -0.468 e. The fraction of sp³-hybridized carbons (Fsp3) is 0.444. The van der Waals surface area contributed by atoms with Crippen molar-refractivity contribution in [2.75, 3.05) is 14.2 Å². The maximum Gasteiger partial charge on any atom is 0.323 e. The van der Waals surface area contributed by atoms with Crippen LogP contribution in [0.3, 0.4) is 0 Å². The van der Waals surface area contributed by atoms with Crippen molar-refractivity contribution in [1.29, 1.82) is 0 Å². The first kappa shape index (κ1) is 22.9. The minimum absolute atomic E-state index is 0.0754. The van der Waals surface area contributed by atoms with E-state index in [-0.39, 0.29) is 12.8 Å². The van der Waals surface area contributed by atoms with Crippen LogP contribution < -0.4 is 0 Å². The van der Waals surface area contributed by atoms with Gasteiger partial charge in [-0.1, -0.05) is 51.3 Å². The zero-order valence-corrected chi connectivity index (χ0v) is 18.2. The Hall–Kier alpha value is -1.18. The summed E-state index contributed by atoms with van der Waals surface area (Å²) in [5.41, 5.74) is -0.674. The number of carbonyl (C=O) groups excluding carboxylic acids is 2. The number of hydrogen-bond donors (Lipinski definition) is 0. The van der Waals surface area contributed by atoms with E-state index in [0.717, 1.165) is 5.57 Å². The van der Waals surface area contributed by atoms with Crippen LogP contribution in [0.2, 0.25) is 5.02 Å². The molecule has 0 aliphatic carbocycles. The number of benzene rings is 1. The number of methoxy groups -OCH3 is 2. The standard InChI is InChI=1S/C18H22BrClO5S/c1-12(2)9-10-18(16(21)24-3,17(22)25-4)11-15(19)26(23)14-8-6-5-7-13(14)20/h5-9,15H,10-11H2,1-4H3. The molecule has 0 aromatic heterocycles. The Morgan fingerprint density at radius 3 is 2.23 bits per heavy atom. The molecule has 8 heteroatoms. The summed E-state index contributed by atoms with van der Waals surface area (Å²) in [5, 5.41) is 0.348. The van der Waals surface area contributed by atoms with Crippen LogP contribution in [0, 0.1) is 5.41 Å². The number of esters is 2. The highest BCUT2D eigenvalue weighted by molar-refractivity contribution is 9.11. The molecule has 0 radical (unpaired) electrons. The van der Waals surface area contributed by atoms with Gasteiger partial charge in [-0.25, -0.2) is 0 Å². The van der Waals surface area contributed by atoms with E-state index in [1.807, 2.05) is 13.8 Å². The van der Waals surface area contributed by atoms with Gasteiger partial charge in [-0.15, -0.1) is 0 Å². The Kier molecular flexibility index (Phi) is 9.00. The van der Waals surface area contributed by atoms with Gasteiger partial charge in [0.25, 0.3) is 0 Å². The molecule has 26 heavy (non-hydrogen) atoms. The van der Waals surface area contributed by atoms with E-state index in [2.05, 4.69) is 15.9 Å². The van der Waals surface area contributed by atoms with E-state index in [4.69, 9.17) is 21.1 Å². The average Bonchev–Trinajstić information content (AvgIpc) is 2.63. The molecule has 1 rings (SSSR count). The zero-order valence-electron chi connectivity index (χ0n) is 15.1. The van der Waals surface area contributed by atoms with Crippen LogP contribution in [0.15, 0.2) is 40.8 Å². The summed E-state index contributed by atoms with van der Waals surface area (Å²) < 4.78 is 21.9. The van der Waals surface area contributed by atoms with E-state index in [9.17, 15) is 13.8 Å². The number of carbonyl (C=O) groups is 2. The molecule has 0 aliphatic rings. The maximum atomic E-state index is 12.9. The molecule has 0 amide bonds. The molecule has 0 fully saturated rings. The molecule has 0 bridgehead atoms. The first-order valence-electron chi connectivity index (χ1n) is 7.79. The molecule has 0 aliphatic heterocycles. The molecule has 2 atom stereocenters. The summed E-state index contributed by atoms with van der Waals surface area (Å²) in [7, 11) is 0.821. The topological polar surface area (TPSA) is 69.7 Å². The highest BCUT2D eigenvalue weighted by Gasteiger charge is 2.49. The second kappa shape index (κ2) is 10.2. The molecular weight excluding hydrogens is 444 g/mol. The van der Waals surface area contributed by atoms with Gasteiger partial charge < -0.3 is 9.47 Å². The van der Waals surface area contributed by atoms with Crippen LogP contribution in [0.5, 0.6) is 0 Å². The van der Waals surface area contributed by atoms with Crippen LogP contribution in [0.1, 0.15) is 26.7 Å². The van der Waals surface area contributed by atoms with Crippen LogP contribution >= 0.6 is 27.5 Å². The molecule has 0 spiro atoms. The number of ether oxygens (including phenoxy) is 2. The molecule has 144 valence electrons. The lowest BCUT2D eigenvalue weighted by atomic mass is 9.81. The van der Waals surface area contributed by atoms with Gasteiger partial charge >= 0.3 is 11.9 Å². The van der Waals surface area contributed by atoms with Gasteiger partial charge in [0, 0.05) is 0 Å². The maximum absolute atomic E-state index is 12.9.